The Morgan fingerprint density at radius 1 is 1.18 bits per heavy atom. The molecule has 4 rings (SSSR count). The highest BCUT2D eigenvalue weighted by Gasteiger charge is 2.68. The van der Waals surface area contributed by atoms with E-state index in [0.717, 1.165) is 38.5 Å². The molecule has 0 aromatic heterocycles. The average Bonchev–Trinajstić information content (AvgIpc) is 3.51. The van der Waals surface area contributed by atoms with E-state index in [1.165, 1.54) is 0 Å². The third kappa shape index (κ3) is 5.78. The summed E-state index contributed by atoms with van der Waals surface area (Å²) in [7, 11) is 0. The van der Waals surface area contributed by atoms with Gasteiger partial charge in [0.25, 0.3) is 0 Å². The zero-order valence-corrected chi connectivity index (χ0v) is 26.2. The Hall–Kier alpha value is -1.38. The van der Waals surface area contributed by atoms with E-state index in [0.29, 0.717) is 18.1 Å². The Labute approximate surface area is 245 Å². The number of nitrogens with one attached hydrogen (secondary N) is 1. The summed E-state index contributed by atoms with van der Waals surface area (Å²) in [6.45, 7) is 16.5. The fraction of sp³-hybridized carbons (Fsp3) is 0.844. The molecule has 8 heteroatoms. The van der Waals surface area contributed by atoms with Gasteiger partial charge in [-0.1, -0.05) is 33.8 Å². The van der Waals surface area contributed by atoms with Crippen LogP contribution in [0.2, 0.25) is 0 Å². The number of carbonyl (C=O) groups excluding carboxylic acids is 3. The second-order valence-electron chi connectivity index (χ2n) is 13.9. The lowest BCUT2D eigenvalue weighted by Crippen LogP contribution is -2.63. The Bertz CT molecular complexity index is 986. The highest BCUT2D eigenvalue weighted by molar-refractivity contribution is 8.00. The molecule has 2 N–H and O–H groups in total. The first kappa shape index (κ1) is 31.6. The van der Waals surface area contributed by atoms with E-state index >= 15 is 0 Å². The summed E-state index contributed by atoms with van der Waals surface area (Å²) in [6, 6.07) is 0.235. The molecule has 0 aromatic rings. The fourth-order valence-corrected chi connectivity index (χ4v) is 9.80. The van der Waals surface area contributed by atoms with Crippen LogP contribution in [0.5, 0.6) is 0 Å². The minimum absolute atomic E-state index is 0.0397. The van der Waals surface area contributed by atoms with Crippen molar-refractivity contribution < 1.29 is 29.0 Å². The molecule has 4 fully saturated rings. The number of hydrogen-bond acceptors (Lipinski definition) is 8. The van der Waals surface area contributed by atoms with Gasteiger partial charge in [0, 0.05) is 34.5 Å². The molecule has 4 aliphatic carbocycles. The van der Waals surface area contributed by atoms with Gasteiger partial charge in [-0.15, -0.1) is 18.3 Å². The Balaban J connectivity index is 1.44. The second-order valence-corrected chi connectivity index (χ2v) is 15.2. The number of Topliss-reactive ketones (excluding diaryl/α,β-unsaturated/α-hetero) is 1. The Kier molecular flexibility index (Phi) is 9.53. The number of hydrogen-bond donors (Lipinski definition) is 2. The lowest BCUT2D eigenvalue weighted by atomic mass is 9.44. The first-order chi connectivity index (χ1) is 18.8. The normalized spacial score (nSPS) is 43.1. The van der Waals surface area contributed by atoms with Gasteiger partial charge in [0.05, 0.1) is 24.5 Å². The molecule has 2 bridgehead atoms. The third-order valence-corrected chi connectivity index (χ3v) is 12.6. The quantitative estimate of drug-likeness (QED) is 0.289. The summed E-state index contributed by atoms with van der Waals surface area (Å²) < 4.78 is 11.6. The predicted octanol–water partition coefficient (Wildman–Crippen LogP) is 5.09. The van der Waals surface area contributed by atoms with E-state index in [2.05, 4.69) is 32.7 Å². The van der Waals surface area contributed by atoms with Crippen LogP contribution < -0.4 is 5.32 Å². The number of aliphatic hydroxyl groups excluding tert-OH is 1. The van der Waals surface area contributed by atoms with Crippen LogP contribution in [0, 0.1) is 34.0 Å². The molecule has 0 saturated heterocycles. The van der Waals surface area contributed by atoms with Crippen molar-refractivity contribution in [3.05, 3.63) is 12.7 Å². The maximum absolute atomic E-state index is 13.5. The summed E-state index contributed by atoms with van der Waals surface area (Å²) in [5, 5.41) is 15.3. The molecule has 0 amide bonds. The zero-order chi connectivity index (χ0) is 29.5. The van der Waals surface area contributed by atoms with Gasteiger partial charge in [-0.3, -0.25) is 14.4 Å². The van der Waals surface area contributed by atoms with Gasteiger partial charge in [0.1, 0.15) is 11.9 Å². The van der Waals surface area contributed by atoms with Gasteiger partial charge >= 0.3 is 11.9 Å². The molecular weight excluding hydrogens is 526 g/mol. The number of ether oxygens (including phenoxy) is 2. The number of rotatable bonds is 9. The predicted molar refractivity (Wildman–Crippen MR) is 158 cm³/mol. The molecule has 226 valence electrons. The van der Waals surface area contributed by atoms with Crippen LogP contribution >= 0.6 is 11.8 Å². The van der Waals surface area contributed by atoms with Crippen molar-refractivity contribution in [1.82, 2.24) is 5.32 Å². The minimum atomic E-state index is -0.660. The molecule has 40 heavy (non-hydrogen) atoms. The van der Waals surface area contributed by atoms with E-state index in [1.807, 2.05) is 26.8 Å². The summed E-state index contributed by atoms with van der Waals surface area (Å²) >= 11 is 1.62. The van der Waals surface area contributed by atoms with Gasteiger partial charge in [-0.2, -0.15) is 0 Å². The third-order valence-electron chi connectivity index (χ3n) is 11.3. The lowest BCUT2D eigenvalue weighted by molar-refractivity contribution is -0.205. The maximum Gasteiger partial charge on any atom is 0.320 e. The molecule has 0 heterocycles. The van der Waals surface area contributed by atoms with Crippen LogP contribution in [0.15, 0.2) is 12.7 Å². The maximum atomic E-state index is 13.5. The van der Waals surface area contributed by atoms with E-state index in [9.17, 15) is 19.5 Å². The van der Waals surface area contributed by atoms with Gasteiger partial charge in [-0.25, -0.2) is 0 Å². The molecule has 10 atom stereocenters. The van der Waals surface area contributed by atoms with Gasteiger partial charge < -0.3 is 19.9 Å². The monoisotopic (exact) mass is 577 g/mol. The first-order valence-electron chi connectivity index (χ1n) is 15.3. The van der Waals surface area contributed by atoms with Crippen molar-refractivity contribution in [3.63, 3.8) is 0 Å². The van der Waals surface area contributed by atoms with E-state index in [-0.39, 0.29) is 65.3 Å². The smallest absolute Gasteiger partial charge is 0.320 e. The van der Waals surface area contributed by atoms with Gasteiger partial charge in [0.2, 0.25) is 0 Å². The largest absolute Gasteiger partial charge is 0.462 e. The SMILES string of the molecule is C=C[C@]1(C)C[C@@H](OC(=O)CSC2CCC(NCC(=O)OC(C)C)C2)[C@]2(C)[C@H](C)CCC3(CCC(=O)[C@H]32)[C@@H](C)[C@@H]1O. The van der Waals surface area contributed by atoms with Crippen LogP contribution in [-0.2, 0) is 23.9 Å². The molecule has 4 aliphatic rings. The number of thioether (sulfide) groups is 1. The highest BCUT2D eigenvalue weighted by Crippen LogP contribution is 2.68. The summed E-state index contributed by atoms with van der Waals surface area (Å²) in [5.41, 5.74) is -1.38. The minimum Gasteiger partial charge on any atom is -0.462 e. The second kappa shape index (κ2) is 12.1. The molecule has 0 spiro atoms. The number of esters is 2. The molecule has 0 radical (unpaired) electrons. The van der Waals surface area contributed by atoms with E-state index in [1.54, 1.807) is 11.8 Å². The van der Waals surface area contributed by atoms with Crippen LogP contribution in [0.3, 0.4) is 0 Å². The molecule has 0 aliphatic heterocycles. The van der Waals surface area contributed by atoms with E-state index in [4.69, 9.17) is 9.47 Å². The highest BCUT2D eigenvalue weighted by atomic mass is 32.2. The standard InChI is InChI=1S/C32H51NO6S/c1-8-30(6)16-25(31(7)20(4)11-13-32(21(5)29(30)37)14-12-24(34)28(31)32)39-27(36)18-40-23-10-9-22(15-23)33-17-26(35)38-19(2)3/h8,19-23,25,28-29,33,37H,1,9-18H2,2-7H3/t20-,21+,22?,23?,25-,28+,29+,30-,31+,32?/m1/s1. The molecule has 7 nitrogen and oxygen atoms in total. The molecule has 4 saturated carbocycles. The number of carbonyl (C=O) groups is 3. The lowest BCUT2D eigenvalue weighted by Gasteiger charge is -2.61. The fourth-order valence-electron chi connectivity index (χ4n) is 8.69. The summed E-state index contributed by atoms with van der Waals surface area (Å²) in [5.74, 6) is -0.00135. The average molecular weight is 578 g/mol. The van der Waals surface area contributed by atoms with Crippen LogP contribution in [0.4, 0.5) is 0 Å². The Morgan fingerprint density at radius 3 is 2.58 bits per heavy atom. The van der Waals surface area contributed by atoms with Crippen molar-refractivity contribution in [2.45, 2.75) is 123 Å². The number of aliphatic hydroxyl groups is 1. The number of ketones is 1. The van der Waals surface area contributed by atoms with Crippen LogP contribution in [-0.4, -0.2) is 64.7 Å². The van der Waals surface area contributed by atoms with Crippen molar-refractivity contribution in [2.75, 3.05) is 12.3 Å². The molecule has 0 aromatic carbocycles. The van der Waals surface area contributed by atoms with Crippen molar-refractivity contribution >= 4 is 29.5 Å². The van der Waals surface area contributed by atoms with Crippen molar-refractivity contribution in [1.29, 1.82) is 0 Å². The summed E-state index contributed by atoms with van der Waals surface area (Å²) in [6.07, 6.45) is 7.09. The van der Waals surface area contributed by atoms with E-state index < -0.39 is 23.0 Å². The first-order valence-corrected chi connectivity index (χ1v) is 16.4. The van der Waals surface area contributed by atoms with Crippen LogP contribution in [0.1, 0.15) is 92.9 Å². The van der Waals surface area contributed by atoms with Crippen molar-refractivity contribution in [3.8, 4) is 0 Å². The van der Waals surface area contributed by atoms with Crippen molar-refractivity contribution in [2.24, 2.45) is 34.0 Å². The van der Waals surface area contributed by atoms with Crippen LogP contribution in [0.25, 0.3) is 0 Å². The van der Waals surface area contributed by atoms with Gasteiger partial charge in [0.15, 0.2) is 0 Å². The Morgan fingerprint density at radius 2 is 1.90 bits per heavy atom. The van der Waals surface area contributed by atoms with Gasteiger partial charge in [-0.05, 0) is 76.0 Å². The summed E-state index contributed by atoms with van der Waals surface area (Å²) in [4.78, 5) is 38.8. The molecular formula is C32H51NO6S. The molecule has 3 unspecified atom stereocenters. The zero-order valence-electron chi connectivity index (χ0n) is 25.4. The topological polar surface area (TPSA) is 102 Å².